The van der Waals surface area contributed by atoms with Crippen LogP contribution in [0.15, 0.2) is 48.5 Å². The molecule has 20 heavy (non-hydrogen) atoms. The summed E-state index contributed by atoms with van der Waals surface area (Å²) in [5.74, 6) is 1.32. The van der Waals surface area contributed by atoms with Gasteiger partial charge in [-0.25, -0.2) is 0 Å². The Morgan fingerprint density at radius 2 is 1.00 bits per heavy atom. The smallest absolute Gasteiger partial charge is 0.157 e. The highest BCUT2D eigenvalue weighted by Crippen LogP contribution is 2.24. The minimum absolute atomic E-state index is 0.0577. The molecule has 0 N–H and O–H groups in total. The monoisotopic (exact) mass is 270 g/mol. The summed E-state index contributed by atoms with van der Waals surface area (Å²) >= 11 is 0. The summed E-state index contributed by atoms with van der Waals surface area (Å²) in [5, 5.41) is 0. The van der Waals surface area contributed by atoms with E-state index in [9.17, 15) is 9.59 Å². The van der Waals surface area contributed by atoms with E-state index >= 15 is 0 Å². The predicted molar refractivity (Wildman–Crippen MR) is 75.0 cm³/mol. The maximum atomic E-state index is 10.2. The lowest BCUT2D eigenvalue weighted by molar-refractivity contribution is -0.110. The lowest BCUT2D eigenvalue weighted by Crippen LogP contribution is -1.97. The third-order valence-electron chi connectivity index (χ3n) is 2.68. The first-order chi connectivity index (χ1) is 9.83. The molecule has 2 aromatic carbocycles. The number of aldehydes is 2. The Balaban J connectivity index is 2.06. The average molecular weight is 270 g/mol. The van der Waals surface area contributed by atoms with Crippen molar-refractivity contribution in [1.29, 1.82) is 0 Å². The fraction of sp³-hybridized carbons (Fsp3) is 0.125. The van der Waals surface area contributed by atoms with Gasteiger partial charge < -0.3 is 9.47 Å². The highest BCUT2D eigenvalue weighted by atomic mass is 16.5. The van der Waals surface area contributed by atoms with Crippen LogP contribution in [0.2, 0.25) is 0 Å². The van der Waals surface area contributed by atoms with E-state index in [-0.39, 0.29) is 13.2 Å². The third kappa shape index (κ3) is 3.68. The van der Waals surface area contributed by atoms with Crippen LogP contribution in [0.3, 0.4) is 0 Å². The predicted octanol–water partition coefficient (Wildman–Crippen LogP) is 2.51. The fourth-order valence-electron chi connectivity index (χ4n) is 1.75. The normalized spacial score (nSPS) is 9.80. The van der Waals surface area contributed by atoms with E-state index in [4.69, 9.17) is 9.47 Å². The van der Waals surface area contributed by atoms with Gasteiger partial charge in [0, 0.05) is 0 Å². The van der Waals surface area contributed by atoms with Crippen molar-refractivity contribution in [2.24, 2.45) is 0 Å². The van der Waals surface area contributed by atoms with Gasteiger partial charge in [-0.1, -0.05) is 24.3 Å². The SMILES string of the molecule is O=CCOc1ccc(-c2ccc(OCC=O)cc2)cc1. The molecule has 2 rings (SSSR count). The third-order valence-corrected chi connectivity index (χ3v) is 2.68. The van der Waals surface area contributed by atoms with Crippen molar-refractivity contribution in [1.82, 2.24) is 0 Å². The summed E-state index contributed by atoms with van der Waals surface area (Å²) in [4.78, 5) is 20.4. The molecule has 0 aromatic heterocycles. The van der Waals surface area contributed by atoms with Crippen molar-refractivity contribution in [2.45, 2.75) is 0 Å². The van der Waals surface area contributed by atoms with Gasteiger partial charge in [-0.15, -0.1) is 0 Å². The van der Waals surface area contributed by atoms with E-state index in [2.05, 4.69) is 0 Å². The zero-order valence-corrected chi connectivity index (χ0v) is 10.8. The molecule has 0 aliphatic carbocycles. The highest BCUT2D eigenvalue weighted by Gasteiger charge is 2.00. The van der Waals surface area contributed by atoms with Gasteiger partial charge in [0.15, 0.2) is 12.6 Å². The Bertz CT molecular complexity index is 505. The van der Waals surface area contributed by atoms with Crippen LogP contribution < -0.4 is 9.47 Å². The summed E-state index contributed by atoms with van der Waals surface area (Å²) in [7, 11) is 0. The number of rotatable bonds is 7. The molecular formula is C16H14O4. The zero-order valence-electron chi connectivity index (χ0n) is 10.8. The van der Waals surface area contributed by atoms with E-state index in [0.29, 0.717) is 24.1 Å². The summed E-state index contributed by atoms with van der Waals surface area (Å²) in [6, 6.07) is 14.9. The van der Waals surface area contributed by atoms with E-state index in [1.807, 2.05) is 48.5 Å². The van der Waals surface area contributed by atoms with Gasteiger partial charge in [0.25, 0.3) is 0 Å². The molecule has 2 aromatic rings. The van der Waals surface area contributed by atoms with Crippen LogP contribution in [0.1, 0.15) is 0 Å². The van der Waals surface area contributed by atoms with Crippen molar-refractivity contribution in [2.75, 3.05) is 13.2 Å². The highest BCUT2D eigenvalue weighted by molar-refractivity contribution is 5.65. The van der Waals surface area contributed by atoms with E-state index in [0.717, 1.165) is 11.1 Å². The molecule has 0 atom stereocenters. The van der Waals surface area contributed by atoms with Crippen molar-refractivity contribution in [3.05, 3.63) is 48.5 Å². The summed E-state index contributed by atoms with van der Waals surface area (Å²) in [6.45, 7) is 0.115. The second-order valence-corrected chi connectivity index (χ2v) is 4.00. The molecular weight excluding hydrogens is 256 g/mol. The molecule has 102 valence electrons. The molecule has 0 aliphatic rings. The lowest BCUT2D eigenvalue weighted by Gasteiger charge is -2.06. The van der Waals surface area contributed by atoms with E-state index in [1.165, 1.54) is 0 Å². The second kappa shape index (κ2) is 7.09. The molecule has 4 nitrogen and oxygen atoms in total. The Labute approximate surface area is 116 Å². The minimum atomic E-state index is 0.0577. The van der Waals surface area contributed by atoms with Gasteiger partial charge in [0.1, 0.15) is 24.7 Å². The number of carbonyl (C=O) groups is 2. The van der Waals surface area contributed by atoms with Crippen molar-refractivity contribution in [3.63, 3.8) is 0 Å². The van der Waals surface area contributed by atoms with Gasteiger partial charge in [-0.2, -0.15) is 0 Å². The van der Waals surface area contributed by atoms with Gasteiger partial charge in [0.05, 0.1) is 0 Å². The number of carbonyl (C=O) groups excluding carboxylic acids is 2. The first kappa shape index (κ1) is 13.8. The Morgan fingerprint density at radius 1 is 0.650 bits per heavy atom. The molecule has 0 radical (unpaired) electrons. The molecule has 0 heterocycles. The molecule has 0 spiro atoms. The fourth-order valence-corrected chi connectivity index (χ4v) is 1.75. The molecule has 4 heteroatoms. The number of hydrogen-bond acceptors (Lipinski definition) is 4. The number of ether oxygens (including phenoxy) is 2. The lowest BCUT2D eigenvalue weighted by atomic mass is 10.1. The van der Waals surface area contributed by atoms with Crippen LogP contribution in [0.4, 0.5) is 0 Å². The largest absolute Gasteiger partial charge is 0.486 e. The van der Waals surface area contributed by atoms with Gasteiger partial charge >= 0.3 is 0 Å². The average Bonchev–Trinajstić information content (AvgIpc) is 2.52. The first-order valence-electron chi connectivity index (χ1n) is 6.17. The molecule has 0 bridgehead atoms. The van der Waals surface area contributed by atoms with E-state index in [1.54, 1.807) is 0 Å². The maximum Gasteiger partial charge on any atom is 0.157 e. The molecule has 0 unspecified atom stereocenters. The van der Waals surface area contributed by atoms with Crippen molar-refractivity contribution >= 4 is 12.6 Å². The van der Waals surface area contributed by atoms with Crippen LogP contribution in [-0.4, -0.2) is 25.8 Å². The second-order valence-electron chi connectivity index (χ2n) is 4.00. The van der Waals surface area contributed by atoms with Crippen LogP contribution in [0.5, 0.6) is 11.5 Å². The van der Waals surface area contributed by atoms with Gasteiger partial charge in [-0.05, 0) is 35.4 Å². The van der Waals surface area contributed by atoms with Crippen LogP contribution >= 0.6 is 0 Å². The molecule has 0 amide bonds. The molecule has 0 aliphatic heterocycles. The van der Waals surface area contributed by atoms with Gasteiger partial charge in [-0.3, -0.25) is 9.59 Å². The van der Waals surface area contributed by atoms with Crippen LogP contribution in [0.25, 0.3) is 11.1 Å². The Hall–Kier alpha value is -2.62. The Kier molecular flexibility index (Phi) is 4.89. The quantitative estimate of drug-likeness (QED) is 0.725. The topological polar surface area (TPSA) is 52.6 Å². The molecule has 0 saturated heterocycles. The summed E-state index contributed by atoms with van der Waals surface area (Å²) in [5.41, 5.74) is 2.07. The number of hydrogen-bond donors (Lipinski definition) is 0. The standard InChI is InChI=1S/C16H14O4/c17-9-11-19-15-5-1-13(2-6-15)14-3-7-16(8-4-14)20-12-10-18/h1-10H,11-12H2. The van der Waals surface area contributed by atoms with Crippen LogP contribution in [0, 0.1) is 0 Å². The number of benzene rings is 2. The van der Waals surface area contributed by atoms with Crippen molar-refractivity contribution in [3.8, 4) is 22.6 Å². The summed E-state index contributed by atoms with van der Waals surface area (Å²) < 4.78 is 10.4. The maximum absolute atomic E-state index is 10.2. The Morgan fingerprint density at radius 3 is 1.30 bits per heavy atom. The summed E-state index contributed by atoms with van der Waals surface area (Å²) in [6.07, 6.45) is 1.43. The minimum Gasteiger partial charge on any atom is -0.486 e. The van der Waals surface area contributed by atoms with Crippen LogP contribution in [-0.2, 0) is 9.59 Å². The van der Waals surface area contributed by atoms with E-state index < -0.39 is 0 Å². The first-order valence-corrected chi connectivity index (χ1v) is 6.17. The zero-order chi connectivity index (χ0) is 14.2. The van der Waals surface area contributed by atoms with Gasteiger partial charge in [0.2, 0.25) is 0 Å². The van der Waals surface area contributed by atoms with Crippen molar-refractivity contribution < 1.29 is 19.1 Å². The molecule has 0 fully saturated rings. The molecule has 0 saturated carbocycles.